The molecule has 0 spiro atoms. The first-order valence-electron chi connectivity index (χ1n) is 2.98. The van der Waals surface area contributed by atoms with E-state index in [1.807, 2.05) is 0 Å². The molecule has 2 atom stereocenters. The van der Waals surface area contributed by atoms with E-state index in [0.29, 0.717) is 0 Å². The normalized spacial score (nSPS) is 14.7. The lowest BCUT2D eigenvalue weighted by Crippen LogP contribution is -2.34. The van der Waals surface area contributed by atoms with Gasteiger partial charge >= 0.3 is 11.9 Å². The zero-order chi connectivity index (χ0) is 9.72. The first-order valence-corrected chi connectivity index (χ1v) is 3.42. The molecule has 0 saturated carbocycles. The van der Waals surface area contributed by atoms with Crippen molar-refractivity contribution >= 4 is 23.5 Å². The molecule has 0 heterocycles. The van der Waals surface area contributed by atoms with E-state index >= 15 is 0 Å². The van der Waals surface area contributed by atoms with Gasteiger partial charge in [-0.25, -0.2) is 9.18 Å². The van der Waals surface area contributed by atoms with Crippen molar-refractivity contribution in [2.24, 2.45) is 0 Å². The minimum Gasteiger partial charge on any atom is -0.468 e. The van der Waals surface area contributed by atoms with Crippen molar-refractivity contribution in [2.75, 3.05) is 14.2 Å². The highest BCUT2D eigenvalue weighted by Gasteiger charge is 2.33. The number of alkyl halides is 2. The number of carbonyl (C=O) groups excluding carboxylic acids is 2. The smallest absolute Gasteiger partial charge is 0.342 e. The van der Waals surface area contributed by atoms with Gasteiger partial charge in [-0.15, -0.1) is 11.6 Å². The van der Waals surface area contributed by atoms with Crippen LogP contribution in [0.3, 0.4) is 0 Å². The highest BCUT2D eigenvalue weighted by atomic mass is 35.5. The number of esters is 2. The van der Waals surface area contributed by atoms with Crippen LogP contribution in [0.1, 0.15) is 0 Å². The van der Waals surface area contributed by atoms with Crippen LogP contribution >= 0.6 is 11.6 Å². The van der Waals surface area contributed by atoms with Crippen molar-refractivity contribution in [2.45, 2.75) is 11.5 Å². The molecule has 0 saturated heterocycles. The van der Waals surface area contributed by atoms with Crippen LogP contribution in [0.15, 0.2) is 0 Å². The average molecular weight is 199 g/mol. The summed E-state index contributed by atoms with van der Waals surface area (Å²) in [7, 11) is 2.04. The first kappa shape index (κ1) is 11.2. The molecular formula is C6H8ClFO4. The fourth-order valence-corrected chi connectivity index (χ4v) is 0.656. The van der Waals surface area contributed by atoms with Gasteiger partial charge in [-0.05, 0) is 0 Å². The number of methoxy groups -OCH3 is 2. The molecule has 4 nitrogen and oxygen atoms in total. The van der Waals surface area contributed by atoms with Crippen molar-refractivity contribution < 1.29 is 23.5 Å². The number of ether oxygens (including phenoxy) is 2. The third kappa shape index (κ3) is 2.65. The van der Waals surface area contributed by atoms with Gasteiger partial charge in [0.2, 0.25) is 6.17 Å². The van der Waals surface area contributed by atoms with Gasteiger partial charge in [0.1, 0.15) is 0 Å². The molecule has 0 rings (SSSR count). The lowest BCUT2D eigenvalue weighted by atomic mass is 10.3. The minimum atomic E-state index is -2.19. The lowest BCUT2D eigenvalue weighted by molar-refractivity contribution is -0.152. The fourth-order valence-electron chi connectivity index (χ4n) is 0.464. The third-order valence-corrected chi connectivity index (χ3v) is 1.51. The molecule has 0 aliphatic carbocycles. The summed E-state index contributed by atoms with van der Waals surface area (Å²) in [6.45, 7) is 0. The first-order chi connectivity index (χ1) is 5.54. The molecule has 0 aliphatic heterocycles. The maximum Gasteiger partial charge on any atom is 0.342 e. The number of carbonyl (C=O) groups is 2. The molecule has 6 heteroatoms. The zero-order valence-corrected chi connectivity index (χ0v) is 7.30. The highest BCUT2D eigenvalue weighted by Crippen LogP contribution is 2.10. The predicted molar refractivity (Wildman–Crippen MR) is 38.6 cm³/mol. The van der Waals surface area contributed by atoms with E-state index in [1.54, 1.807) is 0 Å². The number of halogens is 2. The standard InChI is InChI=1S/C6H8ClFO4/c1-11-5(9)3(7)4(8)6(10)12-2/h3-4H,1-2H3/t3-,4+/m1/s1. The van der Waals surface area contributed by atoms with Gasteiger partial charge in [0.05, 0.1) is 14.2 Å². The second kappa shape index (κ2) is 4.92. The van der Waals surface area contributed by atoms with Crippen LogP contribution in [-0.4, -0.2) is 37.7 Å². The molecule has 0 aromatic rings. The fraction of sp³-hybridized carbons (Fsp3) is 0.667. The summed E-state index contributed by atoms with van der Waals surface area (Å²) < 4.78 is 20.9. The Kier molecular flexibility index (Phi) is 4.58. The van der Waals surface area contributed by atoms with Crippen LogP contribution in [0.5, 0.6) is 0 Å². The Morgan fingerprint density at radius 1 is 1.25 bits per heavy atom. The number of rotatable bonds is 3. The average Bonchev–Trinajstić information content (AvgIpc) is 2.12. The number of hydrogen-bond donors (Lipinski definition) is 0. The summed E-state index contributed by atoms with van der Waals surface area (Å²) >= 11 is 5.21. The van der Waals surface area contributed by atoms with E-state index in [4.69, 9.17) is 11.6 Å². The molecule has 0 aliphatic rings. The molecule has 0 aromatic heterocycles. The highest BCUT2D eigenvalue weighted by molar-refractivity contribution is 6.31. The summed E-state index contributed by atoms with van der Waals surface area (Å²) in [5, 5.41) is -1.65. The van der Waals surface area contributed by atoms with Crippen LogP contribution in [0, 0.1) is 0 Å². The molecule has 0 unspecified atom stereocenters. The van der Waals surface area contributed by atoms with Crippen molar-refractivity contribution in [1.29, 1.82) is 0 Å². The topological polar surface area (TPSA) is 52.6 Å². The summed E-state index contributed by atoms with van der Waals surface area (Å²) in [4.78, 5) is 21.1. The van der Waals surface area contributed by atoms with Gasteiger partial charge < -0.3 is 9.47 Å². The molecule has 0 bridgehead atoms. The van der Waals surface area contributed by atoms with E-state index in [1.165, 1.54) is 0 Å². The molecule has 0 amide bonds. The Morgan fingerprint density at radius 2 is 1.67 bits per heavy atom. The van der Waals surface area contributed by atoms with E-state index in [9.17, 15) is 14.0 Å². The second-order valence-corrected chi connectivity index (χ2v) is 2.32. The van der Waals surface area contributed by atoms with Crippen molar-refractivity contribution in [3.05, 3.63) is 0 Å². The third-order valence-electron chi connectivity index (χ3n) is 1.11. The monoisotopic (exact) mass is 198 g/mol. The summed E-state index contributed by atoms with van der Waals surface area (Å²) in [6.07, 6.45) is -2.19. The van der Waals surface area contributed by atoms with E-state index < -0.39 is 23.5 Å². The summed E-state index contributed by atoms with van der Waals surface area (Å²) in [6, 6.07) is 0. The Balaban J connectivity index is 4.18. The van der Waals surface area contributed by atoms with Gasteiger partial charge in [0.25, 0.3) is 0 Å². The Morgan fingerprint density at radius 3 is 2.00 bits per heavy atom. The molecular weight excluding hydrogens is 191 g/mol. The quantitative estimate of drug-likeness (QED) is 0.483. The molecule has 0 radical (unpaired) electrons. The maximum absolute atomic E-state index is 12.7. The minimum absolute atomic E-state index is 0.996. The lowest BCUT2D eigenvalue weighted by Gasteiger charge is -2.09. The van der Waals surface area contributed by atoms with Crippen molar-refractivity contribution in [1.82, 2.24) is 0 Å². The van der Waals surface area contributed by atoms with Gasteiger partial charge in [0.15, 0.2) is 5.38 Å². The zero-order valence-electron chi connectivity index (χ0n) is 6.54. The van der Waals surface area contributed by atoms with E-state index in [-0.39, 0.29) is 0 Å². The van der Waals surface area contributed by atoms with Gasteiger partial charge in [-0.1, -0.05) is 0 Å². The van der Waals surface area contributed by atoms with E-state index in [2.05, 4.69) is 9.47 Å². The molecule has 0 aromatic carbocycles. The van der Waals surface area contributed by atoms with Crippen LogP contribution in [0.25, 0.3) is 0 Å². The molecule has 0 N–H and O–H groups in total. The van der Waals surface area contributed by atoms with E-state index in [0.717, 1.165) is 14.2 Å². The molecule has 0 fully saturated rings. The Hall–Kier alpha value is -0.840. The summed E-state index contributed by atoms with van der Waals surface area (Å²) in [5.74, 6) is -2.20. The van der Waals surface area contributed by atoms with Crippen LogP contribution < -0.4 is 0 Å². The van der Waals surface area contributed by atoms with Crippen LogP contribution in [0.2, 0.25) is 0 Å². The second-order valence-electron chi connectivity index (χ2n) is 1.85. The van der Waals surface area contributed by atoms with Crippen LogP contribution in [0.4, 0.5) is 4.39 Å². The van der Waals surface area contributed by atoms with Gasteiger partial charge in [-0.3, -0.25) is 4.79 Å². The molecule has 12 heavy (non-hydrogen) atoms. The van der Waals surface area contributed by atoms with Crippen molar-refractivity contribution in [3.63, 3.8) is 0 Å². The van der Waals surface area contributed by atoms with Crippen LogP contribution in [-0.2, 0) is 19.1 Å². The molecule has 70 valence electrons. The Labute approximate surface area is 73.6 Å². The number of hydrogen-bond acceptors (Lipinski definition) is 4. The van der Waals surface area contributed by atoms with Gasteiger partial charge in [0, 0.05) is 0 Å². The maximum atomic E-state index is 12.7. The Bertz CT molecular complexity index is 164. The van der Waals surface area contributed by atoms with Crippen molar-refractivity contribution in [3.8, 4) is 0 Å². The summed E-state index contributed by atoms with van der Waals surface area (Å²) in [5.41, 5.74) is 0. The predicted octanol–water partition coefficient (Wildman–Crippen LogP) is 0.278. The SMILES string of the molecule is COC(=O)[C@@H](F)[C@@H](Cl)C(=O)OC. The largest absolute Gasteiger partial charge is 0.468 e. The van der Waals surface area contributed by atoms with Gasteiger partial charge in [-0.2, -0.15) is 0 Å².